The first-order valence-electron chi connectivity index (χ1n) is 9.52. The van der Waals surface area contributed by atoms with Crippen molar-refractivity contribution in [1.82, 2.24) is 14.8 Å². The number of carbonyl (C=O) groups is 1. The lowest BCUT2D eigenvalue weighted by Crippen LogP contribution is -2.48. The number of piperidine rings is 1. The second-order valence-corrected chi connectivity index (χ2v) is 7.63. The van der Waals surface area contributed by atoms with Gasteiger partial charge >= 0.3 is 0 Å². The van der Waals surface area contributed by atoms with Gasteiger partial charge in [-0.2, -0.15) is 5.26 Å². The first-order valence-corrected chi connectivity index (χ1v) is 9.52. The topological polar surface area (TPSA) is 63.1 Å². The number of benzene rings is 1. The van der Waals surface area contributed by atoms with E-state index in [0.717, 1.165) is 43.4 Å². The van der Waals surface area contributed by atoms with Gasteiger partial charge in [0, 0.05) is 36.7 Å². The number of H-pyrrole nitrogens is 1. The van der Waals surface area contributed by atoms with Crippen molar-refractivity contribution in [3.05, 3.63) is 41.6 Å². The summed E-state index contributed by atoms with van der Waals surface area (Å²) in [5.74, 6) is -0.0438. The molecule has 0 bridgehead atoms. The third kappa shape index (κ3) is 2.25. The van der Waals surface area contributed by atoms with Crippen LogP contribution in [0.4, 0.5) is 0 Å². The molecular weight excluding hydrogens is 324 g/mol. The molecule has 2 atom stereocenters. The molecule has 2 unspecified atom stereocenters. The molecule has 3 heterocycles. The van der Waals surface area contributed by atoms with Crippen LogP contribution in [-0.2, 0) is 11.2 Å². The highest BCUT2D eigenvalue weighted by molar-refractivity contribution is 5.99. The van der Waals surface area contributed by atoms with Gasteiger partial charge in [0.2, 0.25) is 5.91 Å². The molecule has 0 radical (unpaired) electrons. The van der Waals surface area contributed by atoms with Crippen molar-refractivity contribution in [1.29, 1.82) is 5.26 Å². The van der Waals surface area contributed by atoms with Crippen LogP contribution in [0.3, 0.4) is 0 Å². The maximum atomic E-state index is 13.1. The van der Waals surface area contributed by atoms with Gasteiger partial charge in [-0.25, -0.2) is 0 Å². The maximum Gasteiger partial charge on any atom is 0.231 e. The Kier molecular flexibility index (Phi) is 3.53. The second kappa shape index (κ2) is 5.91. The Hall–Kier alpha value is -2.74. The van der Waals surface area contributed by atoms with Crippen LogP contribution in [0.15, 0.2) is 30.5 Å². The number of carbonyl (C=O) groups excluding carboxylic acids is 1. The molecule has 5 nitrogen and oxygen atoms in total. The molecule has 1 fully saturated rings. The van der Waals surface area contributed by atoms with Crippen LogP contribution in [0.1, 0.15) is 30.4 Å². The van der Waals surface area contributed by atoms with Crippen LogP contribution >= 0.6 is 0 Å². The number of nitrogens with one attached hydrogen (secondary N) is 1. The summed E-state index contributed by atoms with van der Waals surface area (Å²) in [6.07, 6.45) is 10.8. The molecule has 1 N–H and O–H groups in total. The predicted molar refractivity (Wildman–Crippen MR) is 100 cm³/mol. The molecule has 5 heteroatoms. The minimum Gasteiger partial charge on any atom is -0.361 e. The van der Waals surface area contributed by atoms with Crippen LogP contribution in [0.5, 0.6) is 0 Å². The van der Waals surface area contributed by atoms with E-state index in [2.05, 4.69) is 35.6 Å². The lowest BCUT2D eigenvalue weighted by Gasteiger charge is -2.40. The van der Waals surface area contributed by atoms with Crippen LogP contribution in [0, 0.1) is 17.4 Å². The normalized spacial score (nSPS) is 24.8. The van der Waals surface area contributed by atoms with E-state index in [4.69, 9.17) is 0 Å². The van der Waals surface area contributed by atoms with E-state index in [9.17, 15) is 10.1 Å². The molecular formula is C21H22N4O. The van der Waals surface area contributed by atoms with E-state index < -0.39 is 0 Å². The molecule has 5 rings (SSSR count). The van der Waals surface area contributed by atoms with Crippen molar-refractivity contribution in [2.24, 2.45) is 5.92 Å². The number of aromatic nitrogens is 1. The largest absolute Gasteiger partial charge is 0.361 e. The van der Waals surface area contributed by atoms with E-state index in [1.165, 1.54) is 22.9 Å². The minimum atomic E-state index is -0.227. The number of hydrogen-bond acceptors (Lipinski definition) is 3. The van der Waals surface area contributed by atoms with Gasteiger partial charge in [0.05, 0.1) is 12.0 Å². The van der Waals surface area contributed by atoms with Crippen molar-refractivity contribution in [3.8, 4) is 6.19 Å². The number of likely N-dealkylation sites (tertiary alicyclic amines) is 1. The van der Waals surface area contributed by atoms with Gasteiger partial charge in [0.1, 0.15) is 0 Å². The van der Waals surface area contributed by atoms with E-state index in [1.54, 1.807) is 0 Å². The summed E-state index contributed by atoms with van der Waals surface area (Å²) < 4.78 is 0. The van der Waals surface area contributed by atoms with Crippen molar-refractivity contribution in [2.45, 2.75) is 31.7 Å². The van der Waals surface area contributed by atoms with Gasteiger partial charge in [0.25, 0.3) is 0 Å². The lowest BCUT2D eigenvalue weighted by atomic mass is 9.79. The quantitative estimate of drug-likeness (QED) is 0.808. The second-order valence-electron chi connectivity index (χ2n) is 7.63. The Bertz CT molecular complexity index is 945. The van der Waals surface area contributed by atoms with Crippen LogP contribution in [0.2, 0.25) is 0 Å². The Labute approximate surface area is 152 Å². The SMILES string of the molecule is N#CN1CC(C(=O)N2CCCCC2)C=C2c3cccc4[nH]cc(c34)CC21. The summed E-state index contributed by atoms with van der Waals surface area (Å²) in [5, 5.41) is 11.0. The molecule has 1 aromatic carbocycles. The maximum absolute atomic E-state index is 13.1. The predicted octanol–water partition coefficient (Wildman–Crippen LogP) is 2.90. The fraction of sp³-hybridized carbons (Fsp3) is 0.429. The Balaban J connectivity index is 1.58. The zero-order valence-electron chi connectivity index (χ0n) is 14.7. The number of rotatable bonds is 1. The number of aromatic amines is 1. The number of hydrogen-bond donors (Lipinski definition) is 1. The van der Waals surface area contributed by atoms with Gasteiger partial charge in [-0.3, -0.25) is 4.79 Å². The van der Waals surface area contributed by atoms with Gasteiger partial charge in [0.15, 0.2) is 6.19 Å². The molecule has 1 amide bonds. The van der Waals surface area contributed by atoms with E-state index >= 15 is 0 Å². The first kappa shape index (κ1) is 15.5. The third-order valence-corrected chi connectivity index (χ3v) is 6.13. The molecule has 0 spiro atoms. The van der Waals surface area contributed by atoms with Crippen molar-refractivity contribution < 1.29 is 4.79 Å². The fourth-order valence-electron chi connectivity index (χ4n) is 4.85. The Morgan fingerprint density at radius 3 is 2.88 bits per heavy atom. The number of nitriles is 1. The summed E-state index contributed by atoms with van der Waals surface area (Å²) in [6.45, 7) is 2.20. The molecule has 2 aliphatic heterocycles. The monoisotopic (exact) mass is 346 g/mol. The standard InChI is InChI=1S/C21H22N4O/c22-13-25-12-15(21(26)24-7-2-1-3-8-24)9-17-16-5-4-6-18-20(16)14(11-23-18)10-19(17)25/h4-6,9,11,15,19,23H,1-3,7-8,10,12H2. The summed E-state index contributed by atoms with van der Waals surface area (Å²) in [4.78, 5) is 20.2. The van der Waals surface area contributed by atoms with Gasteiger partial charge in [-0.15, -0.1) is 0 Å². The number of fused-ring (bicyclic) bond motifs is 2. The smallest absolute Gasteiger partial charge is 0.231 e. The van der Waals surface area contributed by atoms with Gasteiger partial charge in [-0.05, 0) is 48.4 Å². The molecule has 26 heavy (non-hydrogen) atoms. The minimum absolute atomic E-state index is 0.0410. The zero-order chi connectivity index (χ0) is 17.7. The van der Waals surface area contributed by atoms with Crippen LogP contribution in [-0.4, -0.2) is 46.4 Å². The van der Waals surface area contributed by atoms with Crippen molar-refractivity contribution in [2.75, 3.05) is 19.6 Å². The number of nitrogens with zero attached hydrogens (tertiary/aromatic N) is 3. The highest BCUT2D eigenvalue weighted by Gasteiger charge is 2.38. The average Bonchev–Trinajstić information content (AvgIpc) is 3.12. The highest BCUT2D eigenvalue weighted by Crippen LogP contribution is 2.41. The highest BCUT2D eigenvalue weighted by atomic mass is 16.2. The summed E-state index contributed by atoms with van der Waals surface area (Å²) >= 11 is 0. The first-order chi connectivity index (χ1) is 12.8. The van der Waals surface area contributed by atoms with Crippen LogP contribution in [0.25, 0.3) is 16.5 Å². The van der Waals surface area contributed by atoms with Crippen molar-refractivity contribution in [3.63, 3.8) is 0 Å². The van der Waals surface area contributed by atoms with Gasteiger partial charge in [-0.1, -0.05) is 18.2 Å². The number of amides is 1. The molecule has 1 saturated heterocycles. The molecule has 1 aliphatic carbocycles. The molecule has 1 aromatic heterocycles. The van der Waals surface area contributed by atoms with Crippen LogP contribution < -0.4 is 0 Å². The van der Waals surface area contributed by atoms with E-state index in [1.807, 2.05) is 15.9 Å². The zero-order valence-corrected chi connectivity index (χ0v) is 14.7. The summed E-state index contributed by atoms with van der Waals surface area (Å²) in [6, 6.07) is 6.30. The van der Waals surface area contributed by atoms with E-state index in [-0.39, 0.29) is 17.9 Å². The molecule has 2 aromatic rings. The van der Waals surface area contributed by atoms with E-state index in [0.29, 0.717) is 6.54 Å². The summed E-state index contributed by atoms with van der Waals surface area (Å²) in [5.41, 5.74) is 4.71. The third-order valence-electron chi connectivity index (χ3n) is 6.13. The molecule has 0 saturated carbocycles. The Morgan fingerprint density at radius 1 is 1.23 bits per heavy atom. The lowest BCUT2D eigenvalue weighted by molar-refractivity contribution is -0.135. The fourth-order valence-corrected chi connectivity index (χ4v) is 4.85. The average molecular weight is 346 g/mol. The molecule has 3 aliphatic rings. The Morgan fingerprint density at radius 2 is 2.08 bits per heavy atom. The summed E-state index contributed by atoms with van der Waals surface area (Å²) in [7, 11) is 0. The van der Waals surface area contributed by atoms with Crippen molar-refractivity contribution >= 4 is 22.4 Å². The van der Waals surface area contributed by atoms with Gasteiger partial charge < -0.3 is 14.8 Å². The molecule has 132 valence electrons.